The zero-order chi connectivity index (χ0) is 21.5. The van der Waals surface area contributed by atoms with Crippen LogP contribution in [0.5, 0.6) is 5.75 Å². The Balaban J connectivity index is 1.31. The number of carbonyl (C=O) groups is 1. The van der Waals surface area contributed by atoms with Crippen molar-refractivity contribution in [3.05, 3.63) is 22.7 Å². The lowest BCUT2D eigenvalue weighted by Gasteiger charge is -2.46. The molecule has 0 radical (unpaired) electrons. The SMILES string of the molecule is C[C@@H]1COC[C@H](C)N1C1CCC(Oc2ccnc3sc4c(c23)[C@@H](CC(N)=O)CC4)CC1. The van der Waals surface area contributed by atoms with Gasteiger partial charge < -0.3 is 15.2 Å². The number of thiophene rings is 1. The number of morpholine rings is 1. The van der Waals surface area contributed by atoms with Crippen LogP contribution in [0.1, 0.15) is 68.7 Å². The number of aryl methyl sites for hydroxylation is 1. The van der Waals surface area contributed by atoms with Crippen LogP contribution in [0.25, 0.3) is 10.2 Å². The number of primary amides is 1. The Bertz CT molecular complexity index is 943. The number of carbonyl (C=O) groups excluding carboxylic acids is 1. The first-order valence-electron chi connectivity index (χ1n) is 11.7. The van der Waals surface area contributed by atoms with Crippen molar-refractivity contribution in [2.45, 2.75) is 88.9 Å². The molecule has 2 aromatic heterocycles. The van der Waals surface area contributed by atoms with E-state index in [1.807, 2.05) is 12.3 Å². The van der Waals surface area contributed by atoms with Crippen LogP contribution in [0.15, 0.2) is 12.3 Å². The molecule has 0 bridgehead atoms. The third kappa shape index (κ3) is 4.08. The maximum absolute atomic E-state index is 11.6. The largest absolute Gasteiger partial charge is 0.490 e. The summed E-state index contributed by atoms with van der Waals surface area (Å²) in [6.07, 6.45) is 8.98. The molecule has 2 N–H and O–H groups in total. The molecule has 3 heterocycles. The second kappa shape index (κ2) is 8.68. The minimum absolute atomic E-state index is 0.202. The number of nitrogens with zero attached hydrogens (tertiary/aromatic N) is 2. The molecule has 0 aromatic carbocycles. The average molecular weight is 444 g/mol. The van der Waals surface area contributed by atoms with E-state index >= 15 is 0 Å². The standard InChI is InChI=1S/C24H33N3O3S/c1-14-12-29-13-15(2)27(14)17-4-6-18(7-5-17)30-19-9-10-26-24-23(19)22-16(11-21(25)28)3-8-20(22)31-24/h9-10,14-18H,3-8,11-13H2,1-2H3,(H2,25,28)/t14-,15+,16-,17?,18?/m1/s1. The minimum atomic E-state index is -0.228. The van der Waals surface area contributed by atoms with Gasteiger partial charge in [0.15, 0.2) is 0 Å². The second-order valence-electron chi connectivity index (χ2n) is 9.57. The fraction of sp³-hybridized carbons (Fsp3) is 0.667. The van der Waals surface area contributed by atoms with E-state index in [0.717, 1.165) is 54.9 Å². The van der Waals surface area contributed by atoms with Gasteiger partial charge >= 0.3 is 0 Å². The highest BCUT2D eigenvalue weighted by molar-refractivity contribution is 7.19. The molecule has 1 aliphatic heterocycles. The minimum Gasteiger partial charge on any atom is -0.490 e. The van der Waals surface area contributed by atoms with E-state index in [4.69, 9.17) is 15.2 Å². The fourth-order valence-electron chi connectivity index (χ4n) is 6.05. The number of nitrogens with two attached hydrogens (primary N) is 1. The summed E-state index contributed by atoms with van der Waals surface area (Å²) in [6.45, 7) is 6.24. The van der Waals surface area contributed by atoms with E-state index in [0.29, 0.717) is 24.5 Å². The molecule has 168 valence electrons. The number of hydrogen-bond donors (Lipinski definition) is 1. The first kappa shape index (κ1) is 21.2. The molecule has 1 amide bonds. The monoisotopic (exact) mass is 443 g/mol. The number of amides is 1. The summed E-state index contributed by atoms with van der Waals surface area (Å²) in [5.74, 6) is 0.914. The van der Waals surface area contributed by atoms with Gasteiger partial charge in [0, 0.05) is 35.6 Å². The molecule has 2 fully saturated rings. The van der Waals surface area contributed by atoms with E-state index in [1.165, 1.54) is 23.3 Å². The van der Waals surface area contributed by atoms with Gasteiger partial charge in [-0.05, 0) is 69.9 Å². The van der Waals surface area contributed by atoms with Crippen molar-refractivity contribution in [3.63, 3.8) is 0 Å². The maximum atomic E-state index is 11.6. The third-order valence-electron chi connectivity index (χ3n) is 7.34. The summed E-state index contributed by atoms with van der Waals surface area (Å²) >= 11 is 1.75. The maximum Gasteiger partial charge on any atom is 0.218 e. The molecule has 0 spiro atoms. The normalized spacial score (nSPS) is 31.6. The van der Waals surface area contributed by atoms with Crippen molar-refractivity contribution in [1.29, 1.82) is 0 Å². The molecule has 6 nitrogen and oxygen atoms in total. The van der Waals surface area contributed by atoms with E-state index in [2.05, 4.69) is 23.7 Å². The molecule has 7 heteroatoms. The summed E-state index contributed by atoms with van der Waals surface area (Å²) in [6, 6.07) is 3.60. The van der Waals surface area contributed by atoms with Crippen LogP contribution in [-0.2, 0) is 16.0 Å². The van der Waals surface area contributed by atoms with Crippen LogP contribution in [-0.4, -0.2) is 53.2 Å². The van der Waals surface area contributed by atoms with Gasteiger partial charge in [0.25, 0.3) is 0 Å². The Labute approximate surface area is 188 Å². The van der Waals surface area contributed by atoms with Crippen molar-refractivity contribution in [1.82, 2.24) is 9.88 Å². The second-order valence-corrected chi connectivity index (χ2v) is 10.6. The summed E-state index contributed by atoms with van der Waals surface area (Å²) < 4.78 is 12.3. The van der Waals surface area contributed by atoms with Gasteiger partial charge in [-0.1, -0.05) is 0 Å². The van der Waals surface area contributed by atoms with Gasteiger partial charge in [-0.25, -0.2) is 4.98 Å². The van der Waals surface area contributed by atoms with Gasteiger partial charge in [0.2, 0.25) is 5.91 Å². The summed E-state index contributed by atoms with van der Waals surface area (Å²) in [7, 11) is 0. The predicted octanol–water partition coefficient (Wildman–Crippen LogP) is 4.00. The molecule has 1 saturated carbocycles. The van der Waals surface area contributed by atoms with Crippen LogP contribution >= 0.6 is 11.3 Å². The van der Waals surface area contributed by atoms with Gasteiger partial charge in [-0.2, -0.15) is 0 Å². The number of ether oxygens (including phenoxy) is 2. The van der Waals surface area contributed by atoms with Crippen LogP contribution in [0.2, 0.25) is 0 Å². The Hall–Kier alpha value is -1.70. The van der Waals surface area contributed by atoms with Crippen molar-refractivity contribution < 1.29 is 14.3 Å². The molecule has 1 saturated heterocycles. The summed E-state index contributed by atoms with van der Waals surface area (Å²) in [5.41, 5.74) is 6.80. The van der Waals surface area contributed by atoms with E-state index in [9.17, 15) is 4.79 Å². The molecular weight excluding hydrogens is 410 g/mol. The summed E-state index contributed by atoms with van der Waals surface area (Å²) in [5, 5.41) is 1.13. The Morgan fingerprint density at radius 3 is 2.68 bits per heavy atom. The lowest BCUT2D eigenvalue weighted by molar-refractivity contribution is -0.118. The molecule has 31 heavy (non-hydrogen) atoms. The topological polar surface area (TPSA) is 77.7 Å². The molecular formula is C24H33N3O3S. The highest BCUT2D eigenvalue weighted by Gasteiger charge is 2.35. The van der Waals surface area contributed by atoms with Gasteiger partial charge in [-0.15, -0.1) is 11.3 Å². The van der Waals surface area contributed by atoms with Gasteiger partial charge in [-0.3, -0.25) is 9.69 Å². The predicted molar refractivity (Wildman–Crippen MR) is 123 cm³/mol. The number of rotatable bonds is 5. The zero-order valence-corrected chi connectivity index (χ0v) is 19.3. The Morgan fingerprint density at radius 1 is 1.23 bits per heavy atom. The number of pyridine rings is 1. The zero-order valence-electron chi connectivity index (χ0n) is 18.5. The molecule has 2 aliphatic carbocycles. The van der Waals surface area contributed by atoms with Crippen LogP contribution in [0, 0.1) is 0 Å². The average Bonchev–Trinajstić information content (AvgIpc) is 3.29. The highest BCUT2D eigenvalue weighted by atomic mass is 32.1. The lowest BCUT2D eigenvalue weighted by Crippen LogP contribution is -2.55. The number of aromatic nitrogens is 1. The van der Waals surface area contributed by atoms with E-state index < -0.39 is 0 Å². The van der Waals surface area contributed by atoms with Crippen molar-refractivity contribution >= 4 is 27.5 Å². The number of fused-ring (bicyclic) bond motifs is 3. The van der Waals surface area contributed by atoms with Gasteiger partial charge in [0.05, 0.1) is 24.7 Å². The van der Waals surface area contributed by atoms with Gasteiger partial charge in [0.1, 0.15) is 10.6 Å². The highest BCUT2D eigenvalue weighted by Crippen LogP contribution is 2.48. The smallest absolute Gasteiger partial charge is 0.218 e. The first-order valence-corrected chi connectivity index (χ1v) is 12.5. The lowest BCUT2D eigenvalue weighted by atomic mass is 9.89. The Kier molecular flexibility index (Phi) is 5.92. The molecule has 2 aromatic rings. The van der Waals surface area contributed by atoms with E-state index in [1.54, 1.807) is 11.3 Å². The van der Waals surface area contributed by atoms with Crippen molar-refractivity contribution in [2.75, 3.05) is 13.2 Å². The molecule has 3 atom stereocenters. The molecule has 3 aliphatic rings. The third-order valence-corrected chi connectivity index (χ3v) is 8.51. The fourth-order valence-corrected chi connectivity index (χ4v) is 7.31. The molecule has 5 rings (SSSR count). The number of hydrogen-bond acceptors (Lipinski definition) is 6. The van der Waals surface area contributed by atoms with Crippen LogP contribution in [0.3, 0.4) is 0 Å². The van der Waals surface area contributed by atoms with Crippen molar-refractivity contribution in [3.8, 4) is 5.75 Å². The summed E-state index contributed by atoms with van der Waals surface area (Å²) in [4.78, 5) is 21.3. The van der Waals surface area contributed by atoms with Crippen LogP contribution < -0.4 is 10.5 Å². The quantitative estimate of drug-likeness (QED) is 0.756. The Morgan fingerprint density at radius 2 is 1.97 bits per heavy atom. The van der Waals surface area contributed by atoms with Crippen LogP contribution in [0.4, 0.5) is 0 Å². The molecule has 0 unspecified atom stereocenters. The first-order chi connectivity index (χ1) is 15.0. The van der Waals surface area contributed by atoms with Crippen molar-refractivity contribution in [2.24, 2.45) is 5.73 Å². The van der Waals surface area contributed by atoms with E-state index in [-0.39, 0.29) is 17.9 Å².